The molecular weight excluding hydrogens is 440 g/mol. The highest BCUT2D eigenvalue weighted by atomic mass is 35.5. The number of carbonyl (C=O) groups excluding carboxylic acids is 2. The number of halogens is 1. The van der Waals surface area contributed by atoms with Gasteiger partial charge in [0, 0.05) is 48.7 Å². The van der Waals surface area contributed by atoms with Crippen LogP contribution in [0.25, 0.3) is 10.8 Å². The fraction of sp³-hybridized carbons (Fsp3) is 0.320. The number of hydrogen-bond acceptors (Lipinski definition) is 5. The zero-order valence-corrected chi connectivity index (χ0v) is 19.4. The number of carbonyl (C=O) groups is 2. The summed E-state index contributed by atoms with van der Waals surface area (Å²) in [6.07, 6.45) is 4.15. The Morgan fingerprint density at radius 1 is 1.24 bits per heavy atom. The lowest BCUT2D eigenvalue weighted by Crippen LogP contribution is -2.52. The zero-order valence-electron chi connectivity index (χ0n) is 18.6. The minimum Gasteiger partial charge on any atom is -0.497 e. The quantitative estimate of drug-likeness (QED) is 0.642. The second-order valence-corrected chi connectivity index (χ2v) is 9.09. The normalized spacial score (nSPS) is 20.3. The highest BCUT2D eigenvalue weighted by Gasteiger charge is 2.52. The van der Waals surface area contributed by atoms with Gasteiger partial charge < -0.3 is 15.0 Å². The molecule has 1 saturated heterocycles. The van der Waals surface area contributed by atoms with Crippen molar-refractivity contribution in [2.24, 2.45) is 0 Å². The van der Waals surface area contributed by atoms with Crippen LogP contribution in [0.2, 0.25) is 5.02 Å². The number of methoxy groups -OCH3 is 1. The van der Waals surface area contributed by atoms with Crippen LogP contribution < -0.4 is 15.0 Å². The molecule has 0 aliphatic carbocycles. The average molecular weight is 465 g/mol. The number of likely N-dealkylation sites (N-methyl/N-ethyl adjacent to an activating group) is 1. The largest absolute Gasteiger partial charge is 0.497 e. The average Bonchev–Trinajstić information content (AvgIpc) is 3.14. The van der Waals surface area contributed by atoms with Crippen LogP contribution in [0.1, 0.15) is 17.5 Å². The number of rotatable bonds is 4. The molecule has 33 heavy (non-hydrogen) atoms. The van der Waals surface area contributed by atoms with Crippen molar-refractivity contribution >= 4 is 39.9 Å². The monoisotopic (exact) mass is 464 g/mol. The molecule has 1 fully saturated rings. The first-order valence-corrected chi connectivity index (χ1v) is 11.3. The van der Waals surface area contributed by atoms with Crippen molar-refractivity contribution in [3.05, 3.63) is 64.9 Å². The van der Waals surface area contributed by atoms with Crippen molar-refractivity contribution < 1.29 is 14.3 Å². The molecule has 2 aliphatic heterocycles. The van der Waals surface area contributed by atoms with Crippen LogP contribution in [0.4, 0.5) is 5.69 Å². The molecule has 3 aromatic rings. The van der Waals surface area contributed by atoms with Crippen LogP contribution in [-0.4, -0.2) is 55.5 Å². The third-order valence-corrected chi connectivity index (χ3v) is 7.01. The molecule has 1 aromatic heterocycles. The topological polar surface area (TPSA) is 74.8 Å². The Labute approximate surface area is 197 Å². The molecule has 7 nitrogen and oxygen atoms in total. The molecule has 8 heteroatoms. The first-order chi connectivity index (χ1) is 15.9. The van der Waals surface area contributed by atoms with Crippen molar-refractivity contribution in [2.75, 3.05) is 38.7 Å². The van der Waals surface area contributed by atoms with Gasteiger partial charge >= 0.3 is 0 Å². The zero-order chi connectivity index (χ0) is 23.2. The van der Waals surface area contributed by atoms with Crippen molar-refractivity contribution in [3.63, 3.8) is 0 Å². The van der Waals surface area contributed by atoms with Gasteiger partial charge in [0.15, 0.2) is 0 Å². The van der Waals surface area contributed by atoms with Gasteiger partial charge in [-0.25, -0.2) is 0 Å². The summed E-state index contributed by atoms with van der Waals surface area (Å²) in [6, 6.07) is 11.5. The molecule has 0 bridgehead atoms. The van der Waals surface area contributed by atoms with Crippen LogP contribution in [0.5, 0.6) is 5.75 Å². The second kappa shape index (κ2) is 8.32. The van der Waals surface area contributed by atoms with Gasteiger partial charge in [-0.3, -0.25) is 19.5 Å². The summed E-state index contributed by atoms with van der Waals surface area (Å²) in [5, 5.41) is 5.15. The first-order valence-electron chi connectivity index (χ1n) is 10.9. The number of benzene rings is 2. The third-order valence-electron chi connectivity index (χ3n) is 6.78. The van der Waals surface area contributed by atoms with E-state index in [-0.39, 0.29) is 18.4 Å². The van der Waals surface area contributed by atoms with E-state index in [9.17, 15) is 9.59 Å². The Morgan fingerprint density at radius 2 is 2.09 bits per heavy atom. The number of anilines is 1. The SMILES string of the molecule is CNC(=O)CN1Cc2ccc(Cl)cc2C2(CCN(c3cncc4ccc(OC)cc34)C2=O)C1. The summed E-state index contributed by atoms with van der Waals surface area (Å²) < 4.78 is 5.41. The van der Waals surface area contributed by atoms with Crippen molar-refractivity contribution in [1.29, 1.82) is 0 Å². The van der Waals surface area contributed by atoms with Gasteiger partial charge in [0.25, 0.3) is 0 Å². The standard InChI is InChI=1S/C25H25ClN4O3/c1-27-23(31)14-29-13-17-3-5-18(26)9-21(17)25(15-29)7-8-30(24(25)32)22-12-28-11-16-4-6-19(33-2)10-20(16)22/h3-6,9-12H,7-8,13-15H2,1-2H3,(H,27,31). The van der Waals surface area contributed by atoms with E-state index in [2.05, 4.69) is 10.3 Å². The maximum Gasteiger partial charge on any atom is 0.239 e. The number of nitrogens with one attached hydrogen (secondary N) is 1. The smallest absolute Gasteiger partial charge is 0.239 e. The Bertz CT molecular complexity index is 1260. The summed E-state index contributed by atoms with van der Waals surface area (Å²) in [7, 11) is 3.25. The van der Waals surface area contributed by atoms with E-state index in [4.69, 9.17) is 16.3 Å². The second-order valence-electron chi connectivity index (χ2n) is 8.65. The molecule has 1 spiro atoms. The van der Waals surface area contributed by atoms with E-state index >= 15 is 0 Å². The summed E-state index contributed by atoms with van der Waals surface area (Å²) in [5.74, 6) is 0.655. The Hall–Kier alpha value is -3.16. The molecular formula is C25H25ClN4O3. The van der Waals surface area contributed by atoms with E-state index in [0.29, 0.717) is 31.1 Å². The summed E-state index contributed by atoms with van der Waals surface area (Å²) in [5.41, 5.74) is 1.98. The van der Waals surface area contributed by atoms with Crippen LogP contribution in [0.3, 0.4) is 0 Å². The van der Waals surface area contributed by atoms with Crippen LogP contribution in [-0.2, 0) is 21.5 Å². The molecule has 2 amide bonds. The number of fused-ring (bicyclic) bond motifs is 3. The predicted molar refractivity (Wildman–Crippen MR) is 128 cm³/mol. The van der Waals surface area contributed by atoms with E-state index < -0.39 is 5.41 Å². The first kappa shape index (κ1) is 21.7. The molecule has 2 aromatic carbocycles. The Balaban J connectivity index is 1.59. The van der Waals surface area contributed by atoms with Crippen molar-refractivity contribution in [1.82, 2.24) is 15.2 Å². The molecule has 3 heterocycles. The lowest BCUT2D eigenvalue weighted by molar-refractivity contribution is -0.126. The number of hydrogen-bond donors (Lipinski definition) is 1. The predicted octanol–water partition coefficient (Wildman–Crippen LogP) is 3.13. The molecule has 170 valence electrons. The number of nitrogens with zero attached hydrogens (tertiary/aromatic N) is 3. The summed E-state index contributed by atoms with van der Waals surface area (Å²) in [6.45, 7) is 1.85. The molecule has 0 saturated carbocycles. The maximum atomic E-state index is 14.2. The molecule has 5 rings (SSSR count). The molecule has 1 N–H and O–H groups in total. The fourth-order valence-electron chi connectivity index (χ4n) is 5.16. The van der Waals surface area contributed by atoms with Crippen molar-refractivity contribution in [3.8, 4) is 5.75 Å². The van der Waals surface area contributed by atoms with Crippen molar-refractivity contribution in [2.45, 2.75) is 18.4 Å². The van der Waals surface area contributed by atoms with Gasteiger partial charge in [0.05, 0.1) is 31.0 Å². The number of ether oxygens (including phenoxy) is 1. The van der Waals surface area contributed by atoms with Gasteiger partial charge in [-0.1, -0.05) is 17.7 Å². The highest BCUT2D eigenvalue weighted by Crippen LogP contribution is 2.45. The van der Waals surface area contributed by atoms with Gasteiger partial charge in [-0.05, 0) is 47.9 Å². The minimum absolute atomic E-state index is 0.00439. The Kier molecular flexibility index (Phi) is 5.46. The highest BCUT2D eigenvalue weighted by molar-refractivity contribution is 6.30. The van der Waals surface area contributed by atoms with Gasteiger partial charge in [-0.15, -0.1) is 0 Å². The lowest BCUT2D eigenvalue weighted by Gasteiger charge is -2.40. The molecule has 0 radical (unpaired) electrons. The maximum absolute atomic E-state index is 14.2. The minimum atomic E-state index is -0.770. The van der Waals surface area contributed by atoms with Gasteiger partial charge in [0.2, 0.25) is 11.8 Å². The fourth-order valence-corrected chi connectivity index (χ4v) is 5.33. The molecule has 2 aliphatic rings. The molecule has 1 unspecified atom stereocenters. The van der Waals surface area contributed by atoms with E-state index in [0.717, 1.165) is 33.3 Å². The third kappa shape index (κ3) is 3.61. The van der Waals surface area contributed by atoms with Gasteiger partial charge in [-0.2, -0.15) is 0 Å². The van der Waals surface area contributed by atoms with E-state index in [1.165, 1.54) is 0 Å². The summed E-state index contributed by atoms with van der Waals surface area (Å²) >= 11 is 6.37. The number of pyridine rings is 1. The summed E-state index contributed by atoms with van der Waals surface area (Å²) in [4.78, 5) is 34.5. The number of aromatic nitrogens is 1. The number of amides is 2. The van der Waals surface area contributed by atoms with E-state index in [1.807, 2.05) is 46.2 Å². The van der Waals surface area contributed by atoms with E-state index in [1.54, 1.807) is 26.6 Å². The molecule has 1 atom stereocenters. The van der Waals surface area contributed by atoms with Gasteiger partial charge in [0.1, 0.15) is 5.75 Å². The Morgan fingerprint density at radius 3 is 2.88 bits per heavy atom. The van der Waals surface area contributed by atoms with Crippen LogP contribution in [0.15, 0.2) is 48.8 Å². The van der Waals surface area contributed by atoms with Crippen LogP contribution >= 0.6 is 11.6 Å². The lowest BCUT2D eigenvalue weighted by atomic mass is 9.73. The van der Waals surface area contributed by atoms with Crippen LogP contribution in [0, 0.1) is 0 Å².